The van der Waals surface area contributed by atoms with E-state index in [1.54, 1.807) is 28.7 Å². The van der Waals surface area contributed by atoms with E-state index < -0.39 is 10.8 Å². The van der Waals surface area contributed by atoms with Crippen LogP contribution in [0.5, 0.6) is 5.75 Å². The average Bonchev–Trinajstić information content (AvgIpc) is 3.23. The number of ketones is 1. The van der Waals surface area contributed by atoms with Crippen LogP contribution in [-0.2, 0) is 21.4 Å². The molecule has 10 heteroatoms. The fourth-order valence-electron chi connectivity index (χ4n) is 4.70. The molecule has 0 aliphatic heterocycles. The molecule has 0 amide bonds. The van der Waals surface area contributed by atoms with Crippen molar-refractivity contribution in [3.05, 3.63) is 46.8 Å². The van der Waals surface area contributed by atoms with Crippen molar-refractivity contribution in [2.45, 2.75) is 51.2 Å². The number of H-pyrrole nitrogens is 1. The molecule has 2 heterocycles. The van der Waals surface area contributed by atoms with Crippen LogP contribution in [0.4, 0.5) is 0 Å². The number of aromatic nitrogens is 3. The second kappa shape index (κ2) is 10.7. The van der Waals surface area contributed by atoms with E-state index in [0.717, 1.165) is 56.6 Å². The number of nitrogens with one attached hydrogen (secondary N) is 1. The number of hydrogen-bond donors (Lipinski definition) is 2. The number of nitrogens with two attached hydrogens (primary N) is 1. The van der Waals surface area contributed by atoms with E-state index in [2.05, 4.69) is 28.6 Å². The lowest BCUT2D eigenvalue weighted by molar-refractivity contribution is -0.610. The lowest BCUT2D eigenvalue weighted by atomic mass is 9.80. The molecule has 34 heavy (non-hydrogen) atoms. The summed E-state index contributed by atoms with van der Waals surface area (Å²) in [5, 5.41) is 0. The van der Waals surface area contributed by atoms with Crippen LogP contribution in [0.2, 0.25) is 0 Å². The van der Waals surface area contributed by atoms with Gasteiger partial charge in [0.25, 0.3) is 0 Å². The zero-order chi connectivity index (χ0) is 23.3. The first-order valence-electron chi connectivity index (χ1n) is 10.8. The third-order valence-electron chi connectivity index (χ3n) is 6.49. The van der Waals surface area contributed by atoms with E-state index in [1.165, 1.54) is 0 Å². The molecule has 0 unspecified atom stereocenters. The van der Waals surface area contributed by atoms with Crippen molar-refractivity contribution in [3.63, 3.8) is 0 Å². The lowest BCUT2D eigenvalue weighted by Gasteiger charge is -2.21. The van der Waals surface area contributed by atoms with Crippen LogP contribution >= 0.6 is 34.0 Å². The van der Waals surface area contributed by atoms with Gasteiger partial charge in [-0.25, -0.2) is 9.55 Å². The van der Waals surface area contributed by atoms with Gasteiger partial charge in [-0.3, -0.25) is 4.79 Å². The highest BCUT2D eigenvalue weighted by Gasteiger charge is 2.50. The van der Waals surface area contributed by atoms with Gasteiger partial charge in [0.15, 0.2) is 11.3 Å². The number of pyridine rings is 1. The first-order chi connectivity index (χ1) is 15.1. The van der Waals surface area contributed by atoms with Crippen molar-refractivity contribution in [2.24, 2.45) is 5.73 Å². The Morgan fingerprint density at radius 1 is 1.15 bits per heavy atom. The number of halogens is 2. The Kier molecular flexibility index (Phi) is 9.03. The molecule has 1 aromatic carbocycles. The number of Topliss-reactive ketones (excluding diaryl/α,β-unsaturated/α-hetero) is 1. The van der Waals surface area contributed by atoms with Gasteiger partial charge in [0.05, 0.1) is 19.1 Å². The number of aromatic amines is 1. The summed E-state index contributed by atoms with van der Waals surface area (Å²) < 4.78 is 7.66. The summed E-state index contributed by atoms with van der Waals surface area (Å²) in [6.07, 6.45) is 2.00. The number of rotatable bonds is 7. The Labute approximate surface area is 221 Å². The average molecular weight is 544 g/mol. The van der Waals surface area contributed by atoms with E-state index in [9.17, 15) is 4.79 Å². The Morgan fingerprint density at radius 3 is 2.41 bits per heavy atom. The molecular formula is C24H32Cl2N4O2S2. The third kappa shape index (κ3) is 4.67. The van der Waals surface area contributed by atoms with Gasteiger partial charge in [0.1, 0.15) is 17.0 Å². The maximum absolute atomic E-state index is 13.0. The maximum Gasteiger partial charge on any atom is 0.402 e. The molecular weight excluding hydrogens is 511 g/mol. The van der Waals surface area contributed by atoms with E-state index in [-0.39, 0.29) is 30.6 Å². The summed E-state index contributed by atoms with van der Waals surface area (Å²) >= 11 is 0. The fourth-order valence-corrected chi connectivity index (χ4v) is 6.69. The van der Waals surface area contributed by atoms with Gasteiger partial charge in [0.2, 0.25) is 0 Å². The van der Waals surface area contributed by atoms with Crippen molar-refractivity contribution < 1.29 is 26.5 Å². The third-order valence-corrected chi connectivity index (χ3v) is 8.80. The highest BCUT2D eigenvalue weighted by molar-refractivity contribution is 8.76. The summed E-state index contributed by atoms with van der Waals surface area (Å²) in [6, 6.07) is 6.16. The largest absolute Gasteiger partial charge is 1.00 e. The van der Waals surface area contributed by atoms with Gasteiger partial charge in [-0.2, -0.15) is 0 Å². The molecule has 3 aromatic rings. The van der Waals surface area contributed by atoms with Crippen LogP contribution in [0.15, 0.2) is 24.4 Å². The highest BCUT2D eigenvalue weighted by Crippen LogP contribution is 2.47. The quantitative estimate of drug-likeness (QED) is 0.268. The molecule has 6 nitrogen and oxygen atoms in total. The van der Waals surface area contributed by atoms with Crippen LogP contribution in [-0.4, -0.2) is 35.2 Å². The Balaban J connectivity index is 0.00000204. The molecule has 0 radical (unpaired) electrons. The fraction of sp³-hybridized carbons (Fsp3) is 0.458. The monoisotopic (exact) mass is 542 g/mol. The number of carbonyl (C=O) groups is 1. The van der Waals surface area contributed by atoms with Gasteiger partial charge in [-0.05, 0) is 57.9 Å². The molecule has 0 saturated heterocycles. The minimum atomic E-state index is -0.516. The van der Waals surface area contributed by atoms with Crippen LogP contribution in [0.3, 0.4) is 0 Å². The second-order valence-corrected chi connectivity index (χ2v) is 11.8. The van der Waals surface area contributed by atoms with Crippen LogP contribution in [0.25, 0.3) is 17.0 Å². The van der Waals surface area contributed by atoms with E-state index >= 15 is 0 Å². The standard InChI is InChI=1S/C24H31N4O2S2.2ClH/c1-14-19(13-32-31-10-8-25)28(9-7-20(14)30-6)22-26-17-11-15-16(12-18(17)27-22)24(4,5)21(29)23(15,2)3;;/h7,9,11-12H,8,10,13,25H2,1-6H3,(H,26,27);2*1H/q+1;;/p-1. The number of fused-ring (bicyclic) bond motifs is 2. The summed E-state index contributed by atoms with van der Waals surface area (Å²) in [5.41, 5.74) is 10.8. The number of nitrogens with zero attached hydrogens (tertiary/aromatic N) is 2. The maximum atomic E-state index is 13.0. The number of hydrogen-bond acceptors (Lipinski definition) is 6. The molecule has 4 rings (SSSR count). The van der Waals surface area contributed by atoms with E-state index in [0.29, 0.717) is 6.54 Å². The van der Waals surface area contributed by atoms with Crippen molar-refractivity contribution in [3.8, 4) is 11.7 Å². The Hall–Kier alpha value is -1.45. The minimum absolute atomic E-state index is 0. The van der Waals surface area contributed by atoms with Gasteiger partial charge < -0.3 is 22.9 Å². The SMILES string of the molecule is COc1cc[n+](-c2nc3cc4c(cc3[nH]2)C(C)(C)C(=O)C4(C)C)c(CSSCCN)c1C.Cl.[Cl-]. The van der Waals surface area contributed by atoms with Gasteiger partial charge in [-0.1, -0.05) is 26.6 Å². The Bertz CT molecular complexity index is 1160. The number of methoxy groups -OCH3 is 1. The summed E-state index contributed by atoms with van der Waals surface area (Å²) in [6.45, 7) is 10.8. The van der Waals surface area contributed by atoms with E-state index in [4.69, 9.17) is 15.5 Å². The molecule has 0 spiro atoms. The van der Waals surface area contributed by atoms with Crippen LogP contribution in [0.1, 0.15) is 50.1 Å². The molecule has 2 aromatic heterocycles. The molecule has 0 atom stereocenters. The first kappa shape index (κ1) is 28.8. The number of carbonyl (C=O) groups excluding carboxylic acids is 1. The van der Waals surface area contributed by atoms with Gasteiger partial charge >= 0.3 is 5.95 Å². The zero-order valence-electron chi connectivity index (χ0n) is 20.3. The van der Waals surface area contributed by atoms with Gasteiger partial charge in [-0.15, -0.1) is 12.4 Å². The van der Waals surface area contributed by atoms with E-state index in [1.807, 2.05) is 40.0 Å². The predicted molar refractivity (Wildman–Crippen MR) is 140 cm³/mol. The van der Waals surface area contributed by atoms with Crippen molar-refractivity contribution in [2.75, 3.05) is 19.4 Å². The summed E-state index contributed by atoms with van der Waals surface area (Å²) in [4.78, 5) is 21.4. The van der Waals surface area contributed by atoms with Crippen molar-refractivity contribution >= 4 is 50.8 Å². The van der Waals surface area contributed by atoms with Crippen molar-refractivity contribution in [1.29, 1.82) is 0 Å². The summed E-state index contributed by atoms with van der Waals surface area (Å²) in [5.74, 6) is 3.58. The topological polar surface area (TPSA) is 84.9 Å². The number of imidazole rings is 1. The molecule has 0 bridgehead atoms. The van der Waals surface area contributed by atoms with Gasteiger partial charge in [0, 0.05) is 34.8 Å². The number of ether oxygens (including phenoxy) is 1. The smallest absolute Gasteiger partial charge is 0.402 e. The van der Waals surface area contributed by atoms with Crippen LogP contribution in [0, 0.1) is 6.92 Å². The molecule has 3 N–H and O–H groups in total. The molecule has 186 valence electrons. The number of benzene rings is 1. The zero-order valence-corrected chi connectivity index (χ0v) is 23.5. The highest BCUT2D eigenvalue weighted by atomic mass is 35.5. The lowest BCUT2D eigenvalue weighted by Crippen LogP contribution is -3.00. The minimum Gasteiger partial charge on any atom is -1.00 e. The second-order valence-electron chi connectivity index (χ2n) is 9.25. The normalized spacial score (nSPS) is 15.6. The first-order valence-corrected chi connectivity index (χ1v) is 13.2. The molecule has 0 saturated carbocycles. The Morgan fingerprint density at radius 2 is 1.79 bits per heavy atom. The summed E-state index contributed by atoms with van der Waals surface area (Å²) in [7, 11) is 5.24. The van der Waals surface area contributed by atoms with Crippen molar-refractivity contribution in [1.82, 2.24) is 9.97 Å². The predicted octanol–water partition coefficient (Wildman–Crippen LogP) is 1.56. The molecule has 0 fully saturated rings. The molecule has 1 aliphatic carbocycles. The molecule has 1 aliphatic rings. The van der Waals surface area contributed by atoms with Crippen LogP contribution < -0.4 is 27.4 Å².